The smallest absolute Gasteiger partial charge is 0.245 e. The molecule has 3 N–H and O–H groups in total. The average molecular weight is 308 g/mol. The van der Waals surface area contributed by atoms with Gasteiger partial charge < -0.3 is 20.7 Å². The highest BCUT2D eigenvalue weighted by atomic mass is 35.5. The number of nitrogens with two attached hydrogens (primary N) is 1. The molecule has 6 nitrogen and oxygen atoms in total. The van der Waals surface area contributed by atoms with Crippen LogP contribution in [0.4, 0.5) is 0 Å². The number of hydrogen-bond acceptors (Lipinski definition) is 4. The fourth-order valence-electron chi connectivity index (χ4n) is 2.06. The third-order valence-electron chi connectivity index (χ3n) is 3.28. The topological polar surface area (TPSA) is 84.7 Å². The van der Waals surface area contributed by atoms with Gasteiger partial charge in [-0.1, -0.05) is 20.3 Å². The molecule has 0 saturated carbocycles. The van der Waals surface area contributed by atoms with Gasteiger partial charge in [0.1, 0.15) is 6.04 Å². The van der Waals surface area contributed by atoms with Crippen molar-refractivity contribution in [2.45, 2.75) is 45.2 Å². The molecule has 2 unspecified atom stereocenters. The summed E-state index contributed by atoms with van der Waals surface area (Å²) in [4.78, 5) is 25.9. The van der Waals surface area contributed by atoms with E-state index in [1.165, 1.54) is 0 Å². The first kappa shape index (κ1) is 19.1. The van der Waals surface area contributed by atoms with Crippen LogP contribution < -0.4 is 11.1 Å². The number of carbonyl (C=O) groups excluding carboxylic acids is 2. The van der Waals surface area contributed by atoms with Crippen LogP contribution in [-0.4, -0.2) is 55.1 Å². The Morgan fingerprint density at radius 1 is 1.30 bits per heavy atom. The molecule has 2 amide bonds. The molecule has 20 heavy (non-hydrogen) atoms. The molecule has 0 bridgehead atoms. The number of nitrogens with zero attached hydrogens (tertiary/aromatic N) is 1. The van der Waals surface area contributed by atoms with Gasteiger partial charge >= 0.3 is 0 Å². The summed E-state index contributed by atoms with van der Waals surface area (Å²) in [7, 11) is 0. The molecule has 118 valence electrons. The molecular formula is C13H26ClN3O3. The van der Waals surface area contributed by atoms with E-state index in [0.717, 1.165) is 6.42 Å². The summed E-state index contributed by atoms with van der Waals surface area (Å²) < 4.78 is 5.21. The minimum absolute atomic E-state index is 0. The number of rotatable bonds is 6. The highest BCUT2D eigenvalue weighted by Gasteiger charge is 2.27. The number of nitrogens with one attached hydrogen (secondary N) is 1. The Labute approximate surface area is 126 Å². The lowest BCUT2D eigenvalue weighted by molar-refractivity contribution is -0.140. The Bertz CT molecular complexity index is 309. The Morgan fingerprint density at radius 2 is 1.90 bits per heavy atom. The molecule has 2 atom stereocenters. The highest BCUT2D eigenvalue weighted by molar-refractivity contribution is 5.89. The van der Waals surface area contributed by atoms with Gasteiger partial charge in [0.15, 0.2) is 0 Å². The first-order valence-electron chi connectivity index (χ1n) is 7.02. The first-order chi connectivity index (χ1) is 9.10. The molecule has 0 aliphatic carbocycles. The van der Waals surface area contributed by atoms with Crippen LogP contribution in [0, 0.1) is 0 Å². The fourth-order valence-corrected chi connectivity index (χ4v) is 2.06. The zero-order chi connectivity index (χ0) is 14.3. The van der Waals surface area contributed by atoms with Crippen LogP contribution in [0.25, 0.3) is 0 Å². The molecule has 0 aromatic carbocycles. The number of carbonyl (C=O) groups is 2. The van der Waals surface area contributed by atoms with Crippen molar-refractivity contribution in [3.63, 3.8) is 0 Å². The Balaban J connectivity index is 0.00000361. The number of halogens is 1. The van der Waals surface area contributed by atoms with Crippen LogP contribution in [0.3, 0.4) is 0 Å². The van der Waals surface area contributed by atoms with E-state index in [1.807, 2.05) is 13.8 Å². The van der Waals surface area contributed by atoms with Gasteiger partial charge in [0, 0.05) is 13.1 Å². The maximum Gasteiger partial charge on any atom is 0.245 e. The summed E-state index contributed by atoms with van der Waals surface area (Å²) >= 11 is 0. The van der Waals surface area contributed by atoms with Crippen LogP contribution in [0.1, 0.15) is 33.1 Å². The third kappa shape index (κ3) is 5.64. The van der Waals surface area contributed by atoms with Crippen molar-refractivity contribution in [1.29, 1.82) is 0 Å². The molecule has 0 spiro atoms. The molecular weight excluding hydrogens is 282 g/mol. The molecule has 0 aromatic heterocycles. The van der Waals surface area contributed by atoms with Crippen LogP contribution in [0.2, 0.25) is 0 Å². The molecule has 0 aromatic rings. The summed E-state index contributed by atoms with van der Waals surface area (Å²) in [6.45, 7) is 6.16. The zero-order valence-electron chi connectivity index (χ0n) is 12.3. The molecule has 1 fully saturated rings. The number of amides is 2. The first-order valence-corrected chi connectivity index (χ1v) is 7.02. The molecule has 1 saturated heterocycles. The van der Waals surface area contributed by atoms with Gasteiger partial charge in [0.2, 0.25) is 11.8 Å². The van der Waals surface area contributed by atoms with Gasteiger partial charge in [0.05, 0.1) is 19.3 Å². The highest BCUT2D eigenvalue weighted by Crippen LogP contribution is 2.04. The summed E-state index contributed by atoms with van der Waals surface area (Å²) in [5.41, 5.74) is 5.75. The zero-order valence-corrected chi connectivity index (χ0v) is 13.1. The lowest BCUT2D eigenvalue weighted by Crippen LogP contribution is -2.54. The fraction of sp³-hybridized carbons (Fsp3) is 0.846. The van der Waals surface area contributed by atoms with E-state index < -0.39 is 12.1 Å². The van der Waals surface area contributed by atoms with Crippen LogP contribution >= 0.6 is 12.4 Å². The van der Waals surface area contributed by atoms with Crippen LogP contribution in [0.15, 0.2) is 0 Å². The van der Waals surface area contributed by atoms with Gasteiger partial charge in [-0.3, -0.25) is 9.59 Å². The van der Waals surface area contributed by atoms with Gasteiger partial charge in [-0.15, -0.1) is 12.4 Å². The van der Waals surface area contributed by atoms with Crippen molar-refractivity contribution in [3.8, 4) is 0 Å². The van der Waals surface area contributed by atoms with E-state index in [-0.39, 0.29) is 24.2 Å². The van der Waals surface area contributed by atoms with Crippen LogP contribution in [0.5, 0.6) is 0 Å². The molecule has 1 heterocycles. The Morgan fingerprint density at radius 3 is 2.40 bits per heavy atom. The Kier molecular flexibility index (Phi) is 9.54. The van der Waals surface area contributed by atoms with Gasteiger partial charge in [-0.05, 0) is 12.8 Å². The summed E-state index contributed by atoms with van der Waals surface area (Å²) in [5, 5.41) is 2.75. The minimum Gasteiger partial charge on any atom is -0.378 e. The SMILES string of the molecule is CCCC(N)C(=O)NC(CC)C(=O)N1CCOCC1.Cl. The van der Waals surface area contributed by atoms with E-state index in [9.17, 15) is 9.59 Å². The maximum atomic E-state index is 12.3. The van der Waals surface area contributed by atoms with E-state index in [0.29, 0.717) is 39.1 Å². The van der Waals surface area contributed by atoms with Gasteiger partial charge in [-0.2, -0.15) is 0 Å². The monoisotopic (exact) mass is 307 g/mol. The summed E-state index contributed by atoms with van der Waals surface area (Å²) in [5.74, 6) is -0.279. The standard InChI is InChI=1S/C13H25N3O3.ClH/c1-3-5-10(14)12(17)15-11(4-2)13(18)16-6-8-19-9-7-16;/h10-11H,3-9,14H2,1-2H3,(H,15,17);1H. The van der Waals surface area contributed by atoms with E-state index in [4.69, 9.17) is 10.5 Å². The Hall–Kier alpha value is -0.850. The predicted octanol–water partition coefficient (Wildman–Crippen LogP) is 0.289. The quantitative estimate of drug-likeness (QED) is 0.738. The normalized spacial score (nSPS) is 17.9. The van der Waals surface area contributed by atoms with Crippen molar-refractivity contribution >= 4 is 24.2 Å². The molecule has 0 radical (unpaired) electrons. The second-order valence-electron chi connectivity index (χ2n) is 4.80. The second-order valence-corrected chi connectivity index (χ2v) is 4.80. The number of ether oxygens (including phenoxy) is 1. The second kappa shape index (κ2) is 9.96. The lowest BCUT2D eigenvalue weighted by atomic mass is 10.1. The van der Waals surface area contributed by atoms with Crippen molar-refractivity contribution in [3.05, 3.63) is 0 Å². The molecule has 1 aliphatic heterocycles. The summed E-state index contributed by atoms with van der Waals surface area (Å²) in [6, 6.07) is -1.01. The number of morpholine rings is 1. The predicted molar refractivity (Wildman–Crippen MR) is 79.8 cm³/mol. The van der Waals surface area contributed by atoms with Crippen molar-refractivity contribution in [1.82, 2.24) is 10.2 Å². The summed E-state index contributed by atoms with van der Waals surface area (Å²) in [6.07, 6.45) is 2.05. The lowest BCUT2D eigenvalue weighted by Gasteiger charge is -2.30. The van der Waals surface area contributed by atoms with Gasteiger partial charge in [-0.25, -0.2) is 0 Å². The van der Waals surface area contributed by atoms with Crippen molar-refractivity contribution in [2.24, 2.45) is 5.73 Å². The molecule has 1 aliphatic rings. The number of hydrogen-bond donors (Lipinski definition) is 2. The third-order valence-corrected chi connectivity index (χ3v) is 3.28. The van der Waals surface area contributed by atoms with Crippen LogP contribution in [-0.2, 0) is 14.3 Å². The average Bonchev–Trinajstić information content (AvgIpc) is 2.45. The maximum absolute atomic E-state index is 12.3. The van der Waals surface area contributed by atoms with Gasteiger partial charge in [0.25, 0.3) is 0 Å². The van der Waals surface area contributed by atoms with E-state index in [1.54, 1.807) is 4.90 Å². The van der Waals surface area contributed by atoms with Crippen molar-refractivity contribution < 1.29 is 14.3 Å². The van der Waals surface area contributed by atoms with E-state index >= 15 is 0 Å². The van der Waals surface area contributed by atoms with E-state index in [2.05, 4.69) is 5.32 Å². The molecule has 1 rings (SSSR count). The minimum atomic E-state index is -0.531. The van der Waals surface area contributed by atoms with Crippen molar-refractivity contribution in [2.75, 3.05) is 26.3 Å². The largest absolute Gasteiger partial charge is 0.378 e. The molecule has 7 heteroatoms.